The van der Waals surface area contributed by atoms with Crippen molar-refractivity contribution in [3.8, 4) is 0 Å². The van der Waals surface area contributed by atoms with Crippen molar-refractivity contribution in [3.63, 3.8) is 0 Å². The second-order valence-corrected chi connectivity index (χ2v) is 3.50. The molecule has 1 aromatic carbocycles. The van der Waals surface area contributed by atoms with Gasteiger partial charge in [0.15, 0.2) is 6.10 Å². The monoisotopic (exact) mass is 241 g/mol. The van der Waals surface area contributed by atoms with Crippen LogP contribution in [0.3, 0.4) is 0 Å². The Morgan fingerprint density at radius 1 is 1.47 bits per heavy atom. The molecular weight excluding hydrogens is 229 g/mol. The number of carbonyl (C=O) groups is 2. The Bertz CT molecular complexity index is 447. The molecule has 0 aliphatic heterocycles. The summed E-state index contributed by atoms with van der Waals surface area (Å²) in [5.41, 5.74) is 0.138. The van der Waals surface area contributed by atoms with E-state index in [1.807, 2.05) is 0 Å². The zero-order valence-corrected chi connectivity index (χ0v) is 9.11. The van der Waals surface area contributed by atoms with E-state index in [0.29, 0.717) is 5.56 Å². The van der Waals surface area contributed by atoms with Crippen molar-refractivity contribution in [1.82, 2.24) is 5.32 Å². The second-order valence-electron chi connectivity index (χ2n) is 3.50. The molecule has 0 spiro atoms. The summed E-state index contributed by atoms with van der Waals surface area (Å²) in [4.78, 5) is 21.8. The quantitative estimate of drug-likeness (QED) is 0.708. The van der Waals surface area contributed by atoms with Gasteiger partial charge in [-0.2, -0.15) is 0 Å². The average molecular weight is 241 g/mol. The molecule has 1 amide bonds. The van der Waals surface area contributed by atoms with Crippen LogP contribution in [0.15, 0.2) is 18.2 Å². The van der Waals surface area contributed by atoms with E-state index in [4.69, 9.17) is 10.2 Å². The standard InChI is InChI=1S/C11H12FNO4/c1-6-3-2-4-7(9(6)12)10(15)13-5-8(14)11(16)17/h2-4,8,14H,5H2,1H3,(H,13,15)(H,16,17). The lowest BCUT2D eigenvalue weighted by atomic mass is 10.1. The van der Waals surface area contributed by atoms with Crippen LogP contribution in [-0.4, -0.2) is 34.7 Å². The zero-order chi connectivity index (χ0) is 13.0. The molecule has 1 unspecified atom stereocenters. The minimum Gasteiger partial charge on any atom is -0.479 e. The van der Waals surface area contributed by atoms with Gasteiger partial charge in [0.1, 0.15) is 5.82 Å². The number of aryl methyl sites for hydroxylation is 1. The topological polar surface area (TPSA) is 86.6 Å². The summed E-state index contributed by atoms with van der Waals surface area (Å²) in [5, 5.41) is 19.5. The molecular formula is C11H12FNO4. The van der Waals surface area contributed by atoms with E-state index in [-0.39, 0.29) is 5.56 Å². The Hall–Kier alpha value is -1.95. The molecule has 17 heavy (non-hydrogen) atoms. The van der Waals surface area contributed by atoms with E-state index in [1.54, 1.807) is 0 Å². The molecule has 0 saturated heterocycles. The summed E-state index contributed by atoms with van der Waals surface area (Å²) < 4.78 is 13.5. The average Bonchev–Trinajstić information content (AvgIpc) is 2.29. The molecule has 5 nitrogen and oxygen atoms in total. The van der Waals surface area contributed by atoms with Crippen LogP contribution in [0.4, 0.5) is 4.39 Å². The minimum absolute atomic E-state index is 0.178. The van der Waals surface area contributed by atoms with E-state index >= 15 is 0 Å². The molecule has 3 N–H and O–H groups in total. The lowest BCUT2D eigenvalue weighted by Gasteiger charge is -2.09. The van der Waals surface area contributed by atoms with Gasteiger partial charge in [0.2, 0.25) is 0 Å². The molecule has 0 radical (unpaired) electrons. The molecule has 1 rings (SSSR count). The highest BCUT2D eigenvalue weighted by atomic mass is 19.1. The van der Waals surface area contributed by atoms with Crippen LogP contribution >= 0.6 is 0 Å². The summed E-state index contributed by atoms with van der Waals surface area (Å²) in [6.07, 6.45) is -1.70. The number of benzene rings is 1. The Balaban J connectivity index is 2.71. The number of hydrogen-bond donors (Lipinski definition) is 3. The molecule has 0 heterocycles. The van der Waals surface area contributed by atoms with Gasteiger partial charge in [-0.1, -0.05) is 12.1 Å². The van der Waals surface area contributed by atoms with Crippen molar-refractivity contribution in [3.05, 3.63) is 35.1 Å². The first-order chi connectivity index (χ1) is 7.93. The van der Waals surface area contributed by atoms with Crippen molar-refractivity contribution in [2.75, 3.05) is 6.54 Å². The van der Waals surface area contributed by atoms with Crippen molar-refractivity contribution in [1.29, 1.82) is 0 Å². The highest BCUT2D eigenvalue weighted by molar-refractivity contribution is 5.94. The number of aliphatic hydroxyl groups excluding tert-OH is 1. The zero-order valence-electron chi connectivity index (χ0n) is 9.11. The van der Waals surface area contributed by atoms with Gasteiger partial charge in [0, 0.05) is 0 Å². The molecule has 0 aliphatic rings. The number of carboxylic acid groups (broad SMARTS) is 1. The number of carboxylic acids is 1. The number of nitrogens with one attached hydrogen (secondary N) is 1. The summed E-state index contributed by atoms with van der Waals surface area (Å²) in [6.45, 7) is 1.04. The lowest BCUT2D eigenvalue weighted by Crippen LogP contribution is -2.36. The van der Waals surface area contributed by atoms with Gasteiger partial charge in [0.05, 0.1) is 12.1 Å². The number of amides is 1. The van der Waals surface area contributed by atoms with E-state index in [9.17, 15) is 14.0 Å². The molecule has 0 aromatic heterocycles. The first-order valence-electron chi connectivity index (χ1n) is 4.87. The van der Waals surface area contributed by atoms with E-state index < -0.39 is 30.3 Å². The molecule has 1 aromatic rings. The van der Waals surface area contributed by atoms with Crippen LogP contribution in [0, 0.1) is 12.7 Å². The fourth-order valence-corrected chi connectivity index (χ4v) is 1.19. The van der Waals surface area contributed by atoms with E-state index in [2.05, 4.69) is 5.32 Å². The first-order valence-corrected chi connectivity index (χ1v) is 4.87. The van der Waals surface area contributed by atoms with Gasteiger partial charge in [0.25, 0.3) is 5.91 Å². The molecule has 0 saturated carbocycles. The maximum Gasteiger partial charge on any atom is 0.334 e. The third kappa shape index (κ3) is 3.25. The smallest absolute Gasteiger partial charge is 0.334 e. The van der Waals surface area contributed by atoms with Crippen LogP contribution in [0.2, 0.25) is 0 Å². The Labute approximate surface area is 96.9 Å². The maximum absolute atomic E-state index is 13.5. The predicted octanol–water partition coefficient (Wildman–Crippen LogP) is 0.309. The van der Waals surface area contributed by atoms with Crippen LogP contribution in [-0.2, 0) is 4.79 Å². The van der Waals surface area contributed by atoms with Crippen molar-refractivity contribution in [2.45, 2.75) is 13.0 Å². The number of aliphatic hydroxyl groups is 1. The molecule has 1 atom stereocenters. The Morgan fingerprint density at radius 3 is 2.71 bits per heavy atom. The maximum atomic E-state index is 13.5. The molecule has 92 valence electrons. The summed E-state index contributed by atoms with van der Waals surface area (Å²) >= 11 is 0. The fraction of sp³-hybridized carbons (Fsp3) is 0.273. The molecule has 6 heteroatoms. The molecule has 0 aliphatic carbocycles. The van der Waals surface area contributed by atoms with Gasteiger partial charge >= 0.3 is 5.97 Å². The second kappa shape index (κ2) is 5.40. The van der Waals surface area contributed by atoms with Gasteiger partial charge in [-0.15, -0.1) is 0 Å². The fourth-order valence-electron chi connectivity index (χ4n) is 1.19. The van der Waals surface area contributed by atoms with Crippen molar-refractivity contribution < 1.29 is 24.2 Å². The van der Waals surface area contributed by atoms with Crippen LogP contribution in [0.5, 0.6) is 0 Å². The van der Waals surface area contributed by atoms with Crippen molar-refractivity contribution >= 4 is 11.9 Å². The molecule has 0 bridgehead atoms. The summed E-state index contributed by atoms with van der Waals surface area (Å²) in [7, 11) is 0. The third-order valence-corrected chi connectivity index (χ3v) is 2.18. The number of aliphatic carboxylic acids is 1. The Kier molecular flexibility index (Phi) is 4.17. The summed E-state index contributed by atoms with van der Waals surface area (Å²) in [5.74, 6) is -2.86. The Morgan fingerprint density at radius 2 is 2.12 bits per heavy atom. The number of halogens is 1. The SMILES string of the molecule is Cc1cccc(C(=O)NCC(O)C(=O)O)c1F. The van der Waals surface area contributed by atoms with Crippen LogP contribution in [0.1, 0.15) is 15.9 Å². The largest absolute Gasteiger partial charge is 0.479 e. The number of hydrogen-bond acceptors (Lipinski definition) is 3. The van der Waals surface area contributed by atoms with Gasteiger partial charge in [-0.25, -0.2) is 9.18 Å². The predicted molar refractivity (Wildman–Crippen MR) is 57.1 cm³/mol. The normalized spacial score (nSPS) is 11.9. The van der Waals surface area contributed by atoms with Crippen LogP contribution in [0.25, 0.3) is 0 Å². The lowest BCUT2D eigenvalue weighted by molar-refractivity contribution is -0.146. The molecule has 0 fully saturated rings. The third-order valence-electron chi connectivity index (χ3n) is 2.18. The summed E-state index contributed by atoms with van der Waals surface area (Å²) in [6, 6.07) is 4.31. The minimum atomic E-state index is -1.70. The van der Waals surface area contributed by atoms with Crippen LogP contribution < -0.4 is 5.32 Å². The number of rotatable bonds is 4. The van der Waals surface area contributed by atoms with E-state index in [0.717, 1.165) is 0 Å². The number of carbonyl (C=O) groups excluding carboxylic acids is 1. The highest BCUT2D eigenvalue weighted by Gasteiger charge is 2.17. The van der Waals surface area contributed by atoms with Crippen molar-refractivity contribution in [2.24, 2.45) is 0 Å². The van der Waals surface area contributed by atoms with E-state index in [1.165, 1.54) is 25.1 Å². The highest BCUT2D eigenvalue weighted by Crippen LogP contribution is 2.11. The first kappa shape index (κ1) is 13.1. The van der Waals surface area contributed by atoms with Gasteiger partial charge in [-0.05, 0) is 18.6 Å². The van der Waals surface area contributed by atoms with Gasteiger partial charge in [-0.3, -0.25) is 4.79 Å². The van der Waals surface area contributed by atoms with Gasteiger partial charge < -0.3 is 15.5 Å².